The van der Waals surface area contributed by atoms with Crippen molar-refractivity contribution in [3.8, 4) is 16.9 Å². The molecule has 2 nitrogen and oxygen atoms in total. The number of thiophene rings is 1. The molecule has 0 aliphatic heterocycles. The van der Waals surface area contributed by atoms with Crippen molar-refractivity contribution >= 4 is 16.3 Å². The molecule has 0 saturated carbocycles. The summed E-state index contributed by atoms with van der Waals surface area (Å²) in [4.78, 5) is 1.37. The van der Waals surface area contributed by atoms with Crippen LogP contribution in [0.3, 0.4) is 0 Å². The maximum absolute atomic E-state index is 13.8. The zero-order valence-corrected chi connectivity index (χ0v) is 11.6. The first kappa shape index (κ1) is 12.5. The first-order valence-corrected chi connectivity index (χ1v) is 7.26. The van der Waals surface area contributed by atoms with Gasteiger partial charge in [0.2, 0.25) is 0 Å². The fourth-order valence-electron chi connectivity index (χ4n) is 2.73. The van der Waals surface area contributed by atoms with Crippen molar-refractivity contribution in [1.29, 1.82) is 0 Å². The number of anilines is 1. The van der Waals surface area contributed by atoms with Crippen molar-refractivity contribution in [1.82, 2.24) is 0 Å². The molecule has 0 saturated heterocycles. The summed E-state index contributed by atoms with van der Waals surface area (Å²) >= 11 is 1.65. The Balaban J connectivity index is 2.11. The third-order valence-electron chi connectivity index (χ3n) is 3.64. The van der Waals surface area contributed by atoms with Gasteiger partial charge >= 0.3 is 0 Å². The molecule has 1 aromatic carbocycles. The highest BCUT2D eigenvalue weighted by Crippen LogP contribution is 2.43. The maximum atomic E-state index is 13.8. The van der Waals surface area contributed by atoms with Crippen LogP contribution in [-0.4, -0.2) is 7.11 Å². The van der Waals surface area contributed by atoms with E-state index in [2.05, 4.69) is 0 Å². The Hall–Kier alpha value is -1.55. The Morgan fingerprint density at radius 1 is 1.26 bits per heavy atom. The lowest BCUT2D eigenvalue weighted by Crippen LogP contribution is -2.00. The number of hydrogen-bond acceptors (Lipinski definition) is 3. The number of methoxy groups -OCH3 is 1. The molecule has 4 heteroatoms. The highest BCUT2D eigenvalue weighted by Gasteiger charge is 2.21. The molecule has 2 N–H and O–H groups in total. The van der Waals surface area contributed by atoms with Crippen LogP contribution in [-0.2, 0) is 12.8 Å². The van der Waals surface area contributed by atoms with Gasteiger partial charge in [-0.25, -0.2) is 4.39 Å². The number of benzene rings is 1. The van der Waals surface area contributed by atoms with Crippen LogP contribution in [0, 0.1) is 5.82 Å². The first-order chi connectivity index (χ1) is 9.20. The Bertz CT molecular complexity index is 621. The molecule has 19 heavy (non-hydrogen) atoms. The number of fused-ring (bicyclic) bond motifs is 1. The second kappa shape index (κ2) is 4.85. The third kappa shape index (κ3) is 2.10. The van der Waals surface area contributed by atoms with E-state index in [9.17, 15) is 4.39 Å². The lowest BCUT2D eigenvalue weighted by molar-refractivity contribution is 0.386. The van der Waals surface area contributed by atoms with Crippen molar-refractivity contribution in [2.75, 3.05) is 12.8 Å². The summed E-state index contributed by atoms with van der Waals surface area (Å²) < 4.78 is 18.8. The second-order valence-electron chi connectivity index (χ2n) is 4.80. The number of aryl methyl sites for hydroxylation is 1. The summed E-state index contributed by atoms with van der Waals surface area (Å²) in [6.45, 7) is 0. The fraction of sp³-hybridized carbons (Fsp3) is 0.333. The van der Waals surface area contributed by atoms with Crippen LogP contribution >= 0.6 is 11.3 Å². The van der Waals surface area contributed by atoms with Crippen molar-refractivity contribution in [2.24, 2.45) is 0 Å². The standard InChI is InChI=1S/C15H16FNOS/c1-18-12-7-6-9(8-11(12)16)14-10-4-2-3-5-13(10)19-15(14)17/h6-8H,2-5,17H2,1H3. The van der Waals surface area contributed by atoms with Crippen LogP contribution in [0.2, 0.25) is 0 Å². The maximum Gasteiger partial charge on any atom is 0.165 e. The molecule has 1 aliphatic rings. The van der Waals surface area contributed by atoms with Gasteiger partial charge in [-0.3, -0.25) is 0 Å². The molecule has 100 valence electrons. The van der Waals surface area contributed by atoms with Crippen LogP contribution < -0.4 is 10.5 Å². The minimum Gasteiger partial charge on any atom is -0.494 e. The molecule has 2 aromatic rings. The van der Waals surface area contributed by atoms with Gasteiger partial charge in [-0.1, -0.05) is 6.07 Å². The van der Waals surface area contributed by atoms with E-state index >= 15 is 0 Å². The van der Waals surface area contributed by atoms with E-state index in [1.54, 1.807) is 17.4 Å². The summed E-state index contributed by atoms with van der Waals surface area (Å²) in [6.07, 6.45) is 4.56. The Kier molecular flexibility index (Phi) is 3.19. The lowest BCUT2D eigenvalue weighted by Gasteiger charge is -2.13. The monoisotopic (exact) mass is 277 g/mol. The van der Waals surface area contributed by atoms with Gasteiger partial charge in [0.15, 0.2) is 11.6 Å². The van der Waals surface area contributed by atoms with E-state index in [1.165, 1.54) is 36.5 Å². The Morgan fingerprint density at radius 3 is 2.79 bits per heavy atom. The quantitative estimate of drug-likeness (QED) is 0.899. The van der Waals surface area contributed by atoms with Gasteiger partial charge in [-0.05, 0) is 48.9 Å². The molecule has 1 aliphatic carbocycles. The molecule has 1 heterocycles. The van der Waals surface area contributed by atoms with Gasteiger partial charge in [0.05, 0.1) is 12.1 Å². The predicted molar refractivity (Wildman–Crippen MR) is 77.3 cm³/mol. The predicted octanol–water partition coefficient (Wildman–Crippen LogP) is 4.02. The van der Waals surface area contributed by atoms with Crippen LogP contribution in [0.15, 0.2) is 18.2 Å². The first-order valence-electron chi connectivity index (χ1n) is 6.44. The number of halogens is 1. The van der Waals surface area contributed by atoms with Gasteiger partial charge in [-0.2, -0.15) is 0 Å². The number of ether oxygens (including phenoxy) is 1. The zero-order valence-electron chi connectivity index (χ0n) is 10.8. The molecule has 0 bridgehead atoms. The normalized spacial score (nSPS) is 14.2. The highest BCUT2D eigenvalue weighted by atomic mass is 32.1. The SMILES string of the molecule is COc1ccc(-c2c(N)sc3c2CCCC3)cc1F. The smallest absolute Gasteiger partial charge is 0.165 e. The van der Waals surface area contributed by atoms with E-state index in [0.29, 0.717) is 0 Å². The van der Waals surface area contributed by atoms with Crippen molar-refractivity contribution in [3.05, 3.63) is 34.5 Å². The van der Waals surface area contributed by atoms with E-state index in [1.807, 2.05) is 6.07 Å². The number of nitrogens with two attached hydrogens (primary N) is 1. The van der Waals surface area contributed by atoms with E-state index in [-0.39, 0.29) is 11.6 Å². The molecule has 0 radical (unpaired) electrons. The fourth-order valence-corrected chi connectivity index (χ4v) is 3.91. The minimum absolute atomic E-state index is 0.270. The van der Waals surface area contributed by atoms with Crippen LogP contribution in [0.25, 0.3) is 11.1 Å². The molecule has 0 fully saturated rings. The highest BCUT2D eigenvalue weighted by molar-refractivity contribution is 7.16. The van der Waals surface area contributed by atoms with Crippen molar-refractivity contribution in [3.63, 3.8) is 0 Å². The topological polar surface area (TPSA) is 35.2 Å². The number of rotatable bonds is 2. The van der Waals surface area contributed by atoms with Crippen LogP contribution in [0.5, 0.6) is 5.75 Å². The van der Waals surface area contributed by atoms with Gasteiger partial charge < -0.3 is 10.5 Å². The zero-order chi connectivity index (χ0) is 13.4. The molecule has 0 unspecified atom stereocenters. The Labute approximate surface area is 116 Å². The summed E-state index contributed by atoms with van der Waals surface area (Å²) in [5, 5.41) is 0.802. The molecule has 0 spiro atoms. The second-order valence-corrected chi connectivity index (χ2v) is 5.94. The van der Waals surface area contributed by atoms with E-state index in [0.717, 1.165) is 29.0 Å². The molecule has 1 aromatic heterocycles. The van der Waals surface area contributed by atoms with Crippen LogP contribution in [0.4, 0.5) is 9.39 Å². The average Bonchev–Trinajstić information content (AvgIpc) is 2.74. The van der Waals surface area contributed by atoms with Crippen molar-refractivity contribution in [2.45, 2.75) is 25.7 Å². The van der Waals surface area contributed by atoms with Gasteiger partial charge in [0.25, 0.3) is 0 Å². The van der Waals surface area contributed by atoms with Gasteiger partial charge in [0.1, 0.15) is 0 Å². The average molecular weight is 277 g/mol. The van der Waals surface area contributed by atoms with Gasteiger partial charge in [0, 0.05) is 10.4 Å². The van der Waals surface area contributed by atoms with Crippen LogP contribution in [0.1, 0.15) is 23.3 Å². The summed E-state index contributed by atoms with van der Waals surface area (Å²) in [6, 6.07) is 5.07. The summed E-state index contributed by atoms with van der Waals surface area (Å²) in [5.41, 5.74) is 9.34. The largest absolute Gasteiger partial charge is 0.494 e. The molecular weight excluding hydrogens is 261 g/mol. The third-order valence-corrected chi connectivity index (χ3v) is 4.76. The number of hydrogen-bond donors (Lipinski definition) is 1. The molecule has 3 rings (SSSR count). The molecule has 0 amide bonds. The van der Waals surface area contributed by atoms with E-state index in [4.69, 9.17) is 10.5 Å². The summed E-state index contributed by atoms with van der Waals surface area (Å²) in [7, 11) is 1.47. The van der Waals surface area contributed by atoms with Gasteiger partial charge in [-0.15, -0.1) is 11.3 Å². The molecule has 0 atom stereocenters. The van der Waals surface area contributed by atoms with E-state index < -0.39 is 0 Å². The minimum atomic E-state index is -0.338. The number of nitrogen functional groups attached to an aromatic ring is 1. The molecular formula is C15H16FNOS. The Morgan fingerprint density at radius 2 is 2.05 bits per heavy atom. The lowest BCUT2D eigenvalue weighted by atomic mass is 9.92. The van der Waals surface area contributed by atoms with Crippen molar-refractivity contribution < 1.29 is 9.13 Å². The summed E-state index contributed by atoms with van der Waals surface area (Å²) in [5.74, 6) is -0.0680.